The van der Waals surface area contributed by atoms with E-state index in [-0.39, 0.29) is 10.6 Å². The summed E-state index contributed by atoms with van der Waals surface area (Å²) in [4.78, 5) is 31.4. The molecule has 0 heterocycles. The number of ether oxygens (including phenoxy) is 1. The highest BCUT2D eigenvalue weighted by molar-refractivity contribution is 8.00. The van der Waals surface area contributed by atoms with E-state index in [1.54, 1.807) is 0 Å². The van der Waals surface area contributed by atoms with Gasteiger partial charge in [0.05, 0.1) is 22.7 Å². The smallest absolute Gasteiger partial charge is 0.338 e. The number of hydrogen-bond acceptors (Lipinski definition) is 6. The second-order valence-corrected chi connectivity index (χ2v) is 4.24. The lowest BCUT2D eigenvalue weighted by Crippen LogP contribution is -2.06. The van der Waals surface area contributed by atoms with Crippen LogP contribution in [0.15, 0.2) is 17.0 Å². The minimum absolute atomic E-state index is 0.141. The molecule has 1 N–H and O–H groups in total. The highest BCUT2D eigenvalue weighted by atomic mass is 32.2. The zero-order chi connectivity index (χ0) is 14.6. The molecule has 0 unspecified atom stereocenters. The van der Waals surface area contributed by atoms with Crippen molar-refractivity contribution in [2.45, 2.75) is 4.90 Å². The second kappa shape index (κ2) is 6.14. The summed E-state index contributed by atoms with van der Waals surface area (Å²) < 4.78 is 17.8. The van der Waals surface area contributed by atoms with Gasteiger partial charge in [0.15, 0.2) is 0 Å². The second-order valence-electron chi connectivity index (χ2n) is 3.23. The summed E-state index contributed by atoms with van der Waals surface area (Å²) in [7, 11) is 1.14. The Morgan fingerprint density at radius 1 is 1.53 bits per heavy atom. The van der Waals surface area contributed by atoms with Crippen molar-refractivity contribution >= 4 is 29.4 Å². The standard InChI is InChI=1S/C10H8FNO6S/c1-18-9(13)4-19-8-3-6(11)5(10(14)15)2-7(8)12(16)17/h2-3H,4H2,1H3,(H,14,15). The number of carboxylic acids is 1. The van der Waals surface area contributed by atoms with E-state index in [4.69, 9.17) is 5.11 Å². The fourth-order valence-corrected chi connectivity index (χ4v) is 2.02. The molecule has 0 saturated heterocycles. The molecule has 0 bridgehead atoms. The van der Waals surface area contributed by atoms with Crippen molar-refractivity contribution in [2.75, 3.05) is 12.9 Å². The van der Waals surface area contributed by atoms with Crippen molar-refractivity contribution in [3.63, 3.8) is 0 Å². The average molecular weight is 289 g/mol. The van der Waals surface area contributed by atoms with E-state index in [2.05, 4.69) is 4.74 Å². The average Bonchev–Trinajstić information content (AvgIpc) is 2.34. The van der Waals surface area contributed by atoms with Crippen LogP contribution in [0.3, 0.4) is 0 Å². The van der Waals surface area contributed by atoms with E-state index in [1.807, 2.05) is 0 Å². The van der Waals surface area contributed by atoms with Crippen LogP contribution in [-0.4, -0.2) is 34.8 Å². The molecular formula is C10H8FNO6S. The van der Waals surface area contributed by atoms with Crippen LogP contribution < -0.4 is 0 Å². The maximum atomic E-state index is 13.4. The molecule has 0 atom stereocenters. The molecule has 1 aromatic rings. The first-order valence-corrected chi connectivity index (χ1v) is 5.76. The number of halogens is 1. The quantitative estimate of drug-likeness (QED) is 0.380. The molecule has 19 heavy (non-hydrogen) atoms. The molecule has 9 heteroatoms. The van der Waals surface area contributed by atoms with Crippen LogP contribution in [0.1, 0.15) is 10.4 Å². The van der Waals surface area contributed by atoms with Crippen molar-refractivity contribution < 1.29 is 28.7 Å². The van der Waals surface area contributed by atoms with E-state index in [0.29, 0.717) is 17.8 Å². The van der Waals surface area contributed by atoms with Gasteiger partial charge < -0.3 is 9.84 Å². The van der Waals surface area contributed by atoms with Gasteiger partial charge in [-0.1, -0.05) is 0 Å². The van der Waals surface area contributed by atoms with Crippen LogP contribution in [0.25, 0.3) is 0 Å². The largest absolute Gasteiger partial charge is 0.478 e. The van der Waals surface area contributed by atoms with Gasteiger partial charge in [-0.05, 0) is 6.07 Å². The number of benzene rings is 1. The van der Waals surface area contributed by atoms with Crippen LogP contribution >= 0.6 is 11.8 Å². The van der Waals surface area contributed by atoms with Gasteiger partial charge in [-0.2, -0.15) is 0 Å². The Morgan fingerprint density at radius 2 is 2.16 bits per heavy atom. The summed E-state index contributed by atoms with van der Waals surface area (Å²) in [5.41, 5.74) is -1.37. The molecular weight excluding hydrogens is 281 g/mol. The molecule has 0 aliphatic rings. The Hall–Kier alpha value is -2.16. The number of aromatic carboxylic acids is 1. The molecule has 0 fully saturated rings. The maximum absolute atomic E-state index is 13.4. The third kappa shape index (κ3) is 3.65. The number of esters is 1. The van der Waals surface area contributed by atoms with Gasteiger partial charge >= 0.3 is 11.9 Å². The number of rotatable bonds is 5. The molecule has 7 nitrogen and oxygen atoms in total. The zero-order valence-electron chi connectivity index (χ0n) is 9.58. The normalized spacial score (nSPS) is 10.0. The topological polar surface area (TPSA) is 107 Å². The van der Waals surface area contributed by atoms with Gasteiger partial charge in [0, 0.05) is 6.07 Å². The number of nitrogens with zero attached hydrogens (tertiary/aromatic N) is 1. The molecule has 102 valence electrons. The summed E-state index contributed by atoms with van der Waals surface area (Å²) in [6, 6.07) is 1.34. The first-order chi connectivity index (χ1) is 8.86. The Labute approximate surface area is 110 Å². The molecule has 0 radical (unpaired) electrons. The number of carboxylic acid groups (broad SMARTS) is 1. The van der Waals surface area contributed by atoms with Crippen LogP contribution in [0, 0.1) is 15.9 Å². The fraction of sp³-hybridized carbons (Fsp3) is 0.200. The van der Waals surface area contributed by atoms with E-state index in [0.717, 1.165) is 13.2 Å². The number of carbonyl (C=O) groups excluding carboxylic acids is 1. The predicted octanol–water partition coefficient (Wildman–Crippen LogP) is 1.70. The lowest BCUT2D eigenvalue weighted by atomic mass is 10.2. The molecule has 0 aliphatic carbocycles. The maximum Gasteiger partial charge on any atom is 0.338 e. The molecule has 0 saturated carbocycles. The lowest BCUT2D eigenvalue weighted by molar-refractivity contribution is -0.387. The van der Waals surface area contributed by atoms with Crippen molar-refractivity contribution in [1.82, 2.24) is 0 Å². The molecule has 1 aromatic carbocycles. The first-order valence-electron chi connectivity index (χ1n) is 4.77. The fourth-order valence-electron chi connectivity index (χ4n) is 1.16. The molecule has 0 amide bonds. The third-order valence-corrected chi connectivity index (χ3v) is 3.07. The third-order valence-electron chi connectivity index (χ3n) is 2.05. The van der Waals surface area contributed by atoms with Gasteiger partial charge in [0.25, 0.3) is 5.69 Å². The van der Waals surface area contributed by atoms with Crippen molar-refractivity contribution in [3.05, 3.63) is 33.6 Å². The number of nitro groups is 1. The lowest BCUT2D eigenvalue weighted by Gasteiger charge is -2.04. The Balaban J connectivity index is 3.16. The van der Waals surface area contributed by atoms with Gasteiger partial charge in [-0.3, -0.25) is 14.9 Å². The summed E-state index contributed by atoms with van der Waals surface area (Å²) in [5, 5.41) is 19.5. The molecule has 0 spiro atoms. The van der Waals surface area contributed by atoms with Crippen molar-refractivity contribution in [1.29, 1.82) is 0 Å². The Bertz CT molecular complexity index is 547. The van der Waals surface area contributed by atoms with Crippen LogP contribution in [0.2, 0.25) is 0 Å². The van der Waals surface area contributed by atoms with Gasteiger partial charge in [0.2, 0.25) is 0 Å². The number of carbonyl (C=O) groups is 2. The van der Waals surface area contributed by atoms with E-state index >= 15 is 0 Å². The van der Waals surface area contributed by atoms with Gasteiger partial charge in [0.1, 0.15) is 11.4 Å². The van der Waals surface area contributed by atoms with Crippen molar-refractivity contribution in [3.8, 4) is 0 Å². The molecule has 0 aliphatic heterocycles. The first kappa shape index (κ1) is 14.9. The minimum Gasteiger partial charge on any atom is -0.478 e. The van der Waals surface area contributed by atoms with E-state index in [9.17, 15) is 24.1 Å². The Kier molecular flexibility index (Phi) is 4.81. The van der Waals surface area contributed by atoms with Gasteiger partial charge in [-0.15, -0.1) is 11.8 Å². The number of nitro benzene ring substituents is 1. The number of methoxy groups -OCH3 is 1. The summed E-state index contributed by atoms with van der Waals surface area (Å²) in [6.45, 7) is 0. The monoisotopic (exact) mass is 289 g/mol. The summed E-state index contributed by atoms with van der Waals surface area (Å²) in [5.74, 6) is -3.60. The number of thioether (sulfide) groups is 1. The highest BCUT2D eigenvalue weighted by Crippen LogP contribution is 2.31. The van der Waals surface area contributed by atoms with E-state index < -0.39 is 33.9 Å². The Morgan fingerprint density at radius 3 is 2.63 bits per heavy atom. The highest BCUT2D eigenvalue weighted by Gasteiger charge is 2.22. The van der Waals surface area contributed by atoms with Gasteiger partial charge in [-0.25, -0.2) is 9.18 Å². The zero-order valence-corrected chi connectivity index (χ0v) is 10.4. The van der Waals surface area contributed by atoms with Crippen LogP contribution in [0.5, 0.6) is 0 Å². The molecule has 1 rings (SSSR count). The predicted molar refractivity (Wildman–Crippen MR) is 62.8 cm³/mol. The van der Waals surface area contributed by atoms with E-state index in [1.165, 1.54) is 0 Å². The van der Waals surface area contributed by atoms with Crippen LogP contribution in [-0.2, 0) is 9.53 Å². The SMILES string of the molecule is COC(=O)CSc1cc(F)c(C(=O)O)cc1[N+](=O)[O-]. The van der Waals surface area contributed by atoms with Crippen LogP contribution in [0.4, 0.5) is 10.1 Å². The number of hydrogen-bond donors (Lipinski definition) is 1. The summed E-state index contributed by atoms with van der Waals surface area (Å²) >= 11 is 0.694. The van der Waals surface area contributed by atoms with Crippen molar-refractivity contribution in [2.24, 2.45) is 0 Å². The summed E-state index contributed by atoms with van der Waals surface area (Å²) in [6.07, 6.45) is 0. The minimum atomic E-state index is -1.61. The molecule has 0 aromatic heterocycles.